The molecule has 1 aromatic rings. The third kappa shape index (κ3) is 1.85. The van der Waals surface area contributed by atoms with E-state index in [0.717, 1.165) is 4.90 Å². The van der Waals surface area contributed by atoms with E-state index in [1.54, 1.807) is 12.1 Å². The van der Waals surface area contributed by atoms with Gasteiger partial charge < -0.3 is 5.32 Å². The molecule has 1 atom stereocenters. The lowest BCUT2D eigenvalue weighted by Crippen LogP contribution is -2.17. The molecule has 0 radical (unpaired) electrons. The van der Waals surface area contributed by atoms with Crippen LogP contribution >= 0.6 is 0 Å². The van der Waals surface area contributed by atoms with Gasteiger partial charge in [-0.05, 0) is 18.6 Å². The van der Waals surface area contributed by atoms with Crippen molar-refractivity contribution in [3.05, 3.63) is 24.3 Å². The normalized spacial score (nSPS) is 21.7. The monoisotopic (exact) mass is 209 g/mol. The number of hydrogen-bond acceptors (Lipinski definition) is 2. The fourth-order valence-electron chi connectivity index (χ4n) is 1.45. The first-order valence-corrected chi connectivity index (χ1v) is 5.86. The molecule has 0 saturated heterocycles. The fourth-order valence-corrected chi connectivity index (χ4v) is 2.68. The van der Waals surface area contributed by atoms with Crippen molar-refractivity contribution < 1.29 is 9.00 Å². The van der Waals surface area contributed by atoms with Gasteiger partial charge >= 0.3 is 0 Å². The highest BCUT2D eigenvalue weighted by molar-refractivity contribution is 7.85. The summed E-state index contributed by atoms with van der Waals surface area (Å²) < 4.78 is 11.7. The Bertz CT molecular complexity index is 389. The van der Waals surface area contributed by atoms with Crippen LogP contribution in [0.5, 0.6) is 0 Å². The van der Waals surface area contributed by atoms with Crippen LogP contribution in [0.1, 0.15) is 12.8 Å². The van der Waals surface area contributed by atoms with Crippen LogP contribution in [-0.4, -0.2) is 15.9 Å². The zero-order valence-corrected chi connectivity index (χ0v) is 8.47. The highest BCUT2D eigenvalue weighted by Gasteiger charge is 2.15. The molecule has 1 aliphatic rings. The van der Waals surface area contributed by atoms with Crippen molar-refractivity contribution in [1.82, 2.24) is 0 Å². The zero-order valence-electron chi connectivity index (χ0n) is 7.66. The number of carbonyl (C=O) groups is 1. The maximum absolute atomic E-state index is 11.7. The Kier molecular flexibility index (Phi) is 2.63. The minimum Gasteiger partial charge on any atom is -0.325 e. The predicted molar refractivity (Wildman–Crippen MR) is 55.6 cm³/mol. The van der Waals surface area contributed by atoms with Gasteiger partial charge in [0.05, 0.1) is 21.4 Å². The molecule has 1 aromatic carbocycles. The molecule has 1 heterocycles. The summed E-state index contributed by atoms with van der Waals surface area (Å²) in [5, 5.41) is 2.76. The Hall–Kier alpha value is -1.16. The van der Waals surface area contributed by atoms with Gasteiger partial charge in [-0.3, -0.25) is 9.00 Å². The van der Waals surface area contributed by atoms with Gasteiger partial charge in [0.25, 0.3) is 0 Å². The second-order valence-corrected chi connectivity index (χ2v) is 4.74. The number of amides is 1. The average Bonchev–Trinajstić information content (AvgIpc) is 2.16. The summed E-state index contributed by atoms with van der Waals surface area (Å²) in [6.07, 6.45) is 1.15. The molecule has 0 aliphatic carbocycles. The van der Waals surface area contributed by atoms with Crippen LogP contribution < -0.4 is 5.32 Å². The van der Waals surface area contributed by atoms with Crippen molar-refractivity contribution in [2.75, 3.05) is 11.1 Å². The number of anilines is 1. The van der Waals surface area contributed by atoms with E-state index >= 15 is 0 Å². The topological polar surface area (TPSA) is 46.2 Å². The molecule has 4 heteroatoms. The minimum absolute atomic E-state index is 0.00847. The van der Waals surface area contributed by atoms with Crippen molar-refractivity contribution in [3.8, 4) is 0 Å². The van der Waals surface area contributed by atoms with Gasteiger partial charge in [-0.15, -0.1) is 0 Å². The molecule has 1 amide bonds. The van der Waals surface area contributed by atoms with Gasteiger partial charge in [-0.1, -0.05) is 12.1 Å². The Morgan fingerprint density at radius 2 is 2.07 bits per heavy atom. The average molecular weight is 209 g/mol. The van der Waals surface area contributed by atoms with Crippen molar-refractivity contribution in [2.24, 2.45) is 0 Å². The molecular weight excluding hydrogens is 198 g/mol. The first-order chi connectivity index (χ1) is 6.77. The molecule has 1 unspecified atom stereocenters. The third-order valence-electron chi connectivity index (χ3n) is 2.14. The first kappa shape index (κ1) is 9.40. The van der Waals surface area contributed by atoms with Crippen LogP contribution in [0.15, 0.2) is 29.2 Å². The molecule has 0 saturated carbocycles. The highest BCUT2D eigenvalue weighted by Crippen LogP contribution is 2.22. The Labute approximate surface area is 85.0 Å². The Morgan fingerprint density at radius 3 is 2.93 bits per heavy atom. The number of carbonyl (C=O) groups excluding carboxylic acids is 1. The third-order valence-corrected chi connectivity index (χ3v) is 3.65. The second-order valence-electron chi connectivity index (χ2n) is 3.20. The summed E-state index contributed by atoms with van der Waals surface area (Å²) in [5.41, 5.74) is 0.690. The van der Waals surface area contributed by atoms with Gasteiger partial charge in [0.2, 0.25) is 5.91 Å². The molecule has 0 bridgehead atoms. The number of benzene rings is 1. The molecule has 1 N–H and O–H groups in total. The van der Waals surface area contributed by atoms with Crippen molar-refractivity contribution in [2.45, 2.75) is 17.7 Å². The maximum atomic E-state index is 11.7. The lowest BCUT2D eigenvalue weighted by atomic mass is 10.2. The van der Waals surface area contributed by atoms with Gasteiger partial charge in [0.15, 0.2) is 0 Å². The van der Waals surface area contributed by atoms with Gasteiger partial charge in [-0.2, -0.15) is 0 Å². The van der Waals surface area contributed by atoms with Gasteiger partial charge in [0, 0.05) is 12.2 Å². The molecule has 1 aliphatic heterocycles. The molecule has 74 valence electrons. The van der Waals surface area contributed by atoms with Crippen molar-refractivity contribution in [1.29, 1.82) is 0 Å². The smallest absolute Gasteiger partial charge is 0.224 e. The van der Waals surface area contributed by atoms with Crippen LogP contribution in [-0.2, 0) is 15.6 Å². The molecule has 0 fully saturated rings. The summed E-state index contributed by atoms with van der Waals surface area (Å²) in [7, 11) is -0.973. The standard InChI is InChI=1S/C10H11NO2S/c12-10-6-3-7-14(13)9-5-2-1-4-8(9)11-10/h1-2,4-5H,3,6-7H2,(H,11,12). The highest BCUT2D eigenvalue weighted by atomic mass is 32.2. The number of hydrogen-bond donors (Lipinski definition) is 1. The van der Waals surface area contributed by atoms with Crippen molar-refractivity contribution in [3.63, 3.8) is 0 Å². The number of nitrogens with one attached hydrogen (secondary N) is 1. The van der Waals surface area contributed by atoms with Crippen LogP contribution in [0.2, 0.25) is 0 Å². The van der Waals surface area contributed by atoms with E-state index in [1.807, 2.05) is 12.1 Å². The Morgan fingerprint density at radius 1 is 1.29 bits per heavy atom. The van der Waals surface area contributed by atoms with Crippen molar-refractivity contribution >= 4 is 22.4 Å². The quantitative estimate of drug-likeness (QED) is 0.704. The lowest BCUT2D eigenvalue weighted by Gasteiger charge is -2.13. The largest absolute Gasteiger partial charge is 0.325 e. The molecule has 0 aromatic heterocycles. The van der Waals surface area contributed by atoms with Crippen LogP contribution in [0.4, 0.5) is 5.69 Å². The fraction of sp³-hybridized carbons (Fsp3) is 0.300. The van der Waals surface area contributed by atoms with Crippen LogP contribution in [0.25, 0.3) is 0 Å². The number of para-hydroxylation sites is 1. The number of fused-ring (bicyclic) bond motifs is 1. The predicted octanol–water partition coefficient (Wildman–Crippen LogP) is 1.53. The molecule has 2 rings (SSSR count). The molecule has 0 spiro atoms. The van der Waals surface area contributed by atoms with Gasteiger partial charge in [0.1, 0.15) is 0 Å². The maximum Gasteiger partial charge on any atom is 0.224 e. The van der Waals surface area contributed by atoms with E-state index in [2.05, 4.69) is 5.32 Å². The molecule has 14 heavy (non-hydrogen) atoms. The van der Waals surface area contributed by atoms with E-state index in [0.29, 0.717) is 24.3 Å². The van der Waals surface area contributed by atoms with Crippen LogP contribution in [0.3, 0.4) is 0 Å². The summed E-state index contributed by atoms with van der Waals surface area (Å²) in [6.45, 7) is 0. The molecule has 3 nitrogen and oxygen atoms in total. The summed E-state index contributed by atoms with van der Waals surface area (Å²) >= 11 is 0. The van der Waals surface area contributed by atoms with E-state index in [1.165, 1.54) is 0 Å². The summed E-state index contributed by atoms with van der Waals surface area (Å²) in [4.78, 5) is 12.0. The van der Waals surface area contributed by atoms with E-state index < -0.39 is 10.8 Å². The van der Waals surface area contributed by atoms with Crippen LogP contribution in [0, 0.1) is 0 Å². The SMILES string of the molecule is O=C1CCCS(=O)c2ccccc2N1. The van der Waals surface area contributed by atoms with E-state index in [-0.39, 0.29) is 5.91 Å². The molecular formula is C10H11NO2S. The minimum atomic E-state index is -0.973. The number of rotatable bonds is 0. The summed E-state index contributed by atoms with van der Waals surface area (Å²) in [6, 6.07) is 7.26. The van der Waals surface area contributed by atoms with E-state index in [4.69, 9.17) is 0 Å². The second kappa shape index (κ2) is 3.92. The van der Waals surface area contributed by atoms with Gasteiger partial charge in [-0.25, -0.2) is 0 Å². The first-order valence-electron chi connectivity index (χ1n) is 4.54. The Balaban J connectivity index is 2.42. The zero-order chi connectivity index (χ0) is 9.97. The summed E-state index contributed by atoms with van der Waals surface area (Å²) in [5.74, 6) is 0.582. The lowest BCUT2D eigenvalue weighted by molar-refractivity contribution is -0.116. The van der Waals surface area contributed by atoms with E-state index in [9.17, 15) is 9.00 Å².